The van der Waals surface area contributed by atoms with Crippen molar-refractivity contribution < 1.29 is 18.9 Å². The number of aromatic amines is 2. The first-order chi connectivity index (χ1) is 12.9. The Kier molecular flexibility index (Phi) is 4.79. The Labute approximate surface area is 149 Å². The Hall–Kier alpha value is -4.21. The van der Waals surface area contributed by atoms with Gasteiger partial charge in [-0.2, -0.15) is 0 Å². The van der Waals surface area contributed by atoms with E-state index in [0.29, 0.717) is 5.56 Å². The SMILES string of the molecule is O=C(Oc1ccc(C=Cc2[nH]c(=O)[nH]c(=O)c2[N+](=O)[O-])cc1)c1ccco1. The lowest BCUT2D eigenvalue weighted by atomic mass is 10.2. The smallest absolute Gasteiger partial charge is 0.379 e. The van der Waals surface area contributed by atoms with Crippen molar-refractivity contribution in [3.63, 3.8) is 0 Å². The Morgan fingerprint density at radius 1 is 1.11 bits per heavy atom. The van der Waals surface area contributed by atoms with Gasteiger partial charge in [0, 0.05) is 0 Å². The molecule has 2 N–H and O–H groups in total. The molecule has 0 radical (unpaired) electrons. The molecule has 1 aromatic carbocycles. The molecule has 0 spiro atoms. The van der Waals surface area contributed by atoms with Crippen LogP contribution in [-0.2, 0) is 0 Å². The summed E-state index contributed by atoms with van der Waals surface area (Å²) in [4.78, 5) is 48.7. The normalized spacial score (nSPS) is 10.8. The van der Waals surface area contributed by atoms with Crippen molar-refractivity contribution in [2.45, 2.75) is 0 Å². The lowest BCUT2D eigenvalue weighted by Gasteiger charge is -2.02. The number of benzene rings is 1. The first-order valence-electron chi connectivity index (χ1n) is 7.49. The average Bonchev–Trinajstić information content (AvgIpc) is 3.15. The standard InChI is InChI=1S/C17H11N3O7/c21-15-14(20(24)25)12(18-17(23)19-15)8-5-10-3-6-11(7-4-10)27-16(22)13-2-1-9-26-13/h1-9H,(H2,18,19,21,23). The molecule has 136 valence electrons. The third-order valence-corrected chi connectivity index (χ3v) is 3.38. The number of nitrogens with zero attached hydrogens (tertiary/aromatic N) is 1. The fourth-order valence-electron chi connectivity index (χ4n) is 2.18. The van der Waals surface area contributed by atoms with Gasteiger partial charge >= 0.3 is 22.9 Å². The van der Waals surface area contributed by atoms with Gasteiger partial charge in [-0.25, -0.2) is 9.59 Å². The minimum atomic E-state index is -1.09. The van der Waals surface area contributed by atoms with Gasteiger partial charge in [0.2, 0.25) is 5.76 Å². The van der Waals surface area contributed by atoms with Crippen LogP contribution < -0.4 is 16.0 Å². The van der Waals surface area contributed by atoms with Crippen LogP contribution in [0.1, 0.15) is 21.8 Å². The number of hydrogen-bond donors (Lipinski definition) is 2. The van der Waals surface area contributed by atoms with Crippen LogP contribution in [0.4, 0.5) is 5.69 Å². The molecule has 27 heavy (non-hydrogen) atoms. The zero-order valence-corrected chi connectivity index (χ0v) is 13.5. The highest BCUT2D eigenvalue weighted by molar-refractivity contribution is 5.88. The number of esters is 1. The fraction of sp³-hybridized carbons (Fsp3) is 0. The summed E-state index contributed by atoms with van der Waals surface area (Å²) in [7, 11) is 0. The first-order valence-corrected chi connectivity index (χ1v) is 7.49. The number of ether oxygens (including phenoxy) is 1. The van der Waals surface area contributed by atoms with Crippen molar-refractivity contribution in [2.24, 2.45) is 0 Å². The summed E-state index contributed by atoms with van der Waals surface area (Å²) >= 11 is 0. The van der Waals surface area contributed by atoms with Crippen molar-refractivity contribution in [3.05, 3.63) is 90.6 Å². The number of carbonyl (C=O) groups excluding carboxylic acids is 1. The number of furan rings is 1. The van der Waals surface area contributed by atoms with E-state index in [0.717, 1.165) is 0 Å². The third kappa shape index (κ3) is 4.07. The van der Waals surface area contributed by atoms with Crippen LogP contribution in [0.25, 0.3) is 12.2 Å². The number of aromatic nitrogens is 2. The molecule has 0 aliphatic carbocycles. The van der Waals surface area contributed by atoms with E-state index >= 15 is 0 Å². The minimum absolute atomic E-state index is 0.0598. The number of nitro groups is 1. The van der Waals surface area contributed by atoms with E-state index in [1.165, 1.54) is 36.6 Å². The molecule has 0 saturated heterocycles. The molecule has 0 amide bonds. The van der Waals surface area contributed by atoms with Crippen molar-refractivity contribution in [3.8, 4) is 5.75 Å². The third-order valence-electron chi connectivity index (χ3n) is 3.38. The predicted molar refractivity (Wildman–Crippen MR) is 93.4 cm³/mol. The topological polar surface area (TPSA) is 148 Å². The molecule has 10 nitrogen and oxygen atoms in total. The van der Waals surface area contributed by atoms with Crippen molar-refractivity contribution in [1.29, 1.82) is 0 Å². The van der Waals surface area contributed by atoms with Gasteiger partial charge in [-0.3, -0.25) is 19.9 Å². The zero-order valence-electron chi connectivity index (χ0n) is 13.5. The second kappa shape index (κ2) is 7.35. The average molecular weight is 369 g/mol. The van der Waals surface area contributed by atoms with Crippen LogP contribution in [0.2, 0.25) is 0 Å². The Balaban J connectivity index is 1.79. The van der Waals surface area contributed by atoms with Gasteiger partial charge in [0.1, 0.15) is 11.4 Å². The molecule has 0 saturated carbocycles. The number of nitrogens with one attached hydrogen (secondary N) is 2. The van der Waals surface area contributed by atoms with Gasteiger partial charge in [-0.15, -0.1) is 0 Å². The van der Waals surface area contributed by atoms with Gasteiger partial charge in [-0.05, 0) is 35.9 Å². The van der Waals surface area contributed by atoms with Gasteiger partial charge in [0.25, 0.3) is 0 Å². The number of hydrogen-bond acceptors (Lipinski definition) is 7. The Morgan fingerprint density at radius 3 is 2.48 bits per heavy atom. The number of H-pyrrole nitrogens is 2. The maximum Gasteiger partial charge on any atom is 0.379 e. The van der Waals surface area contributed by atoms with E-state index in [1.54, 1.807) is 23.2 Å². The van der Waals surface area contributed by atoms with E-state index in [1.807, 2.05) is 0 Å². The fourth-order valence-corrected chi connectivity index (χ4v) is 2.18. The maximum absolute atomic E-state index is 11.8. The lowest BCUT2D eigenvalue weighted by Crippen LogP contribution is -2.25. The van der Waals surface area contributed by atoms with Gasteiger partial charge < -0.3 is 14.1 Å². The largest absolute Gasteiger partial charge is 0.457 e. The molecular weight excluding hydrogens is 358 g/mol. The van der Waals surface area contributed by atoms with Crippen molar-refractivity contribution in [1.82, 2.24) is 9.97 Å². The van der Waals surface area contributed by atoms with E-state index in [9.17, 15) is 24.5 Å². The highest BCUT2D eigenvalue weighted by atomic mass is 16.6. The second-order valence-electron chi connectivity index (χ2n) is 5.20. The number of carbonyl (C=O) groups is 1. The maximum atomic E-state index is 11.8. The summed E-state index contributed by atoms with van der Waals surface area (Å²) in [6, 6.07) is 9.21. The van der Waals surface area contributed by atoms with Crippen LogP contribution in [0.3, 0.4) is 0 Å². The number of rotatable bonds is 5. The molecule has 10 heteroatoms. The summed E-state index contributed by atoms with van der Waals surface area (Å²) in [5.74, 6) is -0.325. The van der Waals surface area contributed by atoms with Crippen LogP contribution in [-0.4, -0.2) is 20.9 Å². The Morgan fingerprint density at radius 2 is 1.85 bits per heavy atom. The molecule has 0 atom stereocenters. The molecule has 0 aliphatic heterocycles. The molecule has 0 fully saturated rings. The summed E-state index contributed by atoms with van der Waals surface area (Å²) in [6.45, 7) is 0. The highest BCUT2D eigenvalue weighted by Crippen LogP contribution is 2.17. The summed E-state index contributed by atoms with van der Waals surface area (Å²) in [5.41, 5.74) is -2.37. The van der Waals surface area contributed by atoms with Crippen LogP contribution in [0.5, 0.6) is 5.75 Å². The second-order valence-corrected chi connectivity index (χ2v) is 5.20. The molecule has 3 rings (SSSR count). The summed E-state index contributed by atoms with van der Waals surface area (Å²) < 4.78 is 10.1. The monoisotopic (exact) mass is 369 g/mol. The lowest BCUT2D eigenvalue weighted by molar-refractivity contribution is -0.386. The molecule has 0 unspecified atom stereocenters. The molecule has 3 aromatic rings. The van der Waals surface area contributed by atoms with E-state index in [2.05, 4.69) is 4.98 Å². The Bertz CT molecular complexity index is 1120. The molecule has 2 heterocycles. The van der Waals surface area contributed by atoms with Crippen molar-refractivity contribution >= 4 is 23.8 Å². The van der Waals surface area contributed by atoms with E-state index in [4.69, 9.17) is 9.15 Å². The van der Waals surface area contributed by atoms with Crippen molar-refractivity contribution in [2.75, 3.05) is 0 Å². The van der Waals surface area contributed by atoms with Crippen LogP contribution in [0.15, 0.2) is 56.7 Å². The quantitative estimate of drug-likeness (QED) is 0.302. The van der Waals surface area contributed by atoms with E-state index in [-0.39, 0.29) is 17.2 Å². The van der Waals surface area contributed by atoms with Crippen LogP contribution in [0, 0.1) is 10.1 Å². The minimum Gasteiger partial charge on any atom is -0.457 e. The summed E-state index contributed by atoms with van der Waals surface area (Å²) in [5, 5.41) is 11.0. The zero-order chi connectivity index (χ0) is 19.4. The highest BCUT2D eigenvalue weighted by Gasteiger charge is 2.18. The first kappa shape index (κ1) is 17.6. The predicted octanol–water partition coefficient (Wildman–Crippen LogP) is 1.95. The van der Waals surface area contributed by atoms with Gasteiger partial charge in [0.15, 0.2) is 0 Å². The van der Waals surface area contributed by atoms with E-state index < -0.39 is 27.8 Å². The van der Waals surface area contributed by atoms with Crippen LogP contribution >= 0.6 is 0 Å². The van der Waals surface area contributed by atoms with Gasteiger partial charge in [0.05, 0.1) is 11.2 Å². The molecular formula is C17H11N3O7. The molecule has 0 bridgehead atoms. The summed E-state index contributed by atoms with van der Waals surface area (Å²) in [6.07, 6.45) is 4.04. The molecule has 2 aromatic heterocycles. The molecule has 0 aliphatic rings. The van der Waals surface area contributed by atoms with Gasteiger partial charge in [-0.1, -0.05) is 18.2 Å².